The third-order valence-electron chi connectivity index (χ3n) is 2.55. The third-order valence-corrected chi connectivity index (χ3v) is 4.23. The number of nitrogens with one attached hydrogen (secondary N) is 1. The smallest absolute Gasteiger partial charge is 0.269 e. The van der Waals surface area contributed by atoms with Gasteiger partial charge in [0.15, 0.2) is 5.82 Å². The van der Waals surface area contributed by atoms with Crippen molar-refractivity contribution in [3.8, 4) is 0 Å². The Morgan fingerprint density at radius 1 is 1.14 bits per heavy atom. The highest BCUT2D eigenvalue weighted by Crippen LogP contribution is 2.25. The summed E-state index contributed by atoms with van der Waals surface area (Å²) in [4.78, 5) is 9.63. The maximum absolute atomic E-state index is 13.7. The highest BCUT2D eigenvalue weighted by Gasteiger charge is 2.18. The molecule has 2 aromatic rings. The lowest BCUT2D eigenvalue weighted by molar-refractivity contribution is -0.384. The number of nitro groups is 1. The van der Waals surface area contributed by atoms with E-state index in [2.05, 4.69) is 0 Å². The van der Waals surface area contributed by atoms with Gasteiger partial charge in [0, 0.05) is 12.1 Å². The van der Waals surface area contributed by atoms with Crippen LogP contribution in [-0.2, 0) is 10.0 Å². The molecule has 0 aliphatic heterocycles. The summed E-state index contributed by atoms with van der Waals surface area (Å²) in [6, 6.07) is 8.08. The van der Waals surface area contributed by atoms with Crippen LogP contribution in [-0.4, -0.2) is 13.3 Å². The zero-order chi connectivity index (χ0) is 15.6. The van der Waals surface area contributed by atoms with Crippen molar-refractivity contribution in [3.05, 3.63) is 63.4 Å². The normalized spacial score (nSPS) is 11.1. The van der Waals surface area contributed by atoms with Crippen molar-refractivity contribution >= 4 is 33.0 Å². The van der Waals surface area contributed by atoms with Crippen LogP contribution in [0, 0.1) is 15.9 Å². The Labute approximate surface area is 124 Å². The maximum atomic E-state index is 13.7. The van der Waals surface area contributed by atoms with E-state index in [0.717, 1.165) is 24.3 Å². The van der Waals surface area contributed by atoms with E-state index in [-0.39, 0.29) is 21.3 Å². The standard InChI is InChI=1S/C12H8ClFN2O4S/c13-10-2-1-3-11(12(10)14)15-21(19,20)9-6-4-8(5-7-9)16(17)18/h1-7,15H. The number of anilines is 1. The van der Waals surface area contributed by atoms with Crippen molar-refractivity contribution in [2.75, 3.05) is 4.72 Å². The van der Waals surface area contributed by atoms with Crippen molar-refractivity contribution in [3.63, 3.8) is 0 Å². The van der Waals surface area contributed by atoms with Crippen LogP contribution in [0.25, 0.3) is 0 Å². The van der Waals surface area contributed by atoms with Crippen LogP contribution in [0.15, 0.2) is 47.4 Å². The molecule has 0 radical (unpaired) electrons. The lowest BCUT2D eigenvalue weighted by atomic mass is 10.3. The predicted molar refractivity (Wildman–Crippen MR) is 75.3 cm³/mol. The summed E-state index contributed by atoms with van der Waals surface area (Å²) in [6.07, 6.45) is 0. The van der Waals surface area contributed by atoms with Gasteiger partial charge in [0.1, 0.15) is 0 Å². The van der Waals surface area contributed by atoms with Gasteiger partial charge in [-0.3, -0.25) is 14.8 Å². The maximum Gasteiger partial charge on any atom is 0.269 e. The molecule has 0 saturated heterocycles. The van der Waals surface area contributed by atoms with Crippen LogP contribution in [0.4, 0.5) is 15.8 Å². The number of rotatable bonds is 4. The van der Waals surface area contributed by atoms with E-state index in [9.17, 15) is 22.9 Å². The molecule has 0 aliphatic rings. The second-order valence-corrected chi connectivity index (χ2v) is 6.05. The molecule has 0 fully saturated rings. The second-order valence-electron chi connectivity index (χ2n) is 3.96. The summed E-state index contributed by atoms with van der Waals surface area (Å²) in [5, 5.41) is 10.3. The lowest BCUT2D eigenvalue weighted by Gasteiger charge is -2.09. The van der Waals surface area contributed by atoms with Gasteiger partial charge in [-0.05, 0) is 24.3 Å². The number of hydrogen-bond acceptors (Lipinski definition) is 4. The topological polar surface area (TPSA) is 89.3 Å². The molecule has 2 rings (SSSR count). The molecule has 1 N–H and O–H groups in total. The van der Waals surface area contributed by atoms with Crippen molar-refractivity contribution < 1.29 is 17.7 Å². The summed E-state index contributed by atoms with van der Waals surface area (Å²) in [5.74, 6) is -0.898. The first-order chi connectivity index (χ1) is 9.81. The fourth-order valence-electron chi connectivity index (χ4n) is 1.53. The van der Waals surface area contributed by atoms with Gasteiger partial charge < -0.3 is 0 Å². The number of benzene rings is 2. The van der Waals surface area contributed by atoms with E-state index in [1.807, 2.05) is 4.72 Å². The summed E-state index contributed by atoms with van der Waals surface area (Å²) >= 11 is 5.56. The predicted octanol–water partition coefficient (Wildman–Crippen LogP) is 3.19. The molecule has 21 heavy (non-hydrogen) atoms. The van der Waals surface area contributed by atoms with Crippen LogP contribution >= 0.6 is 11.6 Å². The molecule has 0 saturated carbocycles. The van der Waals surface area contributed by atoms with Crippen molar-refractivity contribution in [2.24, 2.45) is 0 Å². The average molecular weight is 331 g/mol. The average Bonchev–Trinajstić information content (AvgIpc) is 2.44. The Kier molecular flexibility index (Phi) is 4.10. The molecule has 0 bridgehead atoms. The number of sulfonamides is 1. The molecular formula is C12H8ClFN2O4S. The third kappa shape index (κ3) is 3.29. The van der Waals surface area contributed by atoms with Gasteiger partial charge in [-0.15, -0.1) is 0 Å². The molecule has 0 amide bonds. The van der Waals surface area contributed by atoms with E-state index in [4.69, 9.17) is 11.6 Å². The summed E-state index contributed by atoms with van der Waals surface area (Å²) < 4.78 is 39.8. The monoisotopic (exact) mass is 330 g/mol. The molecule has 110 valence electrons. The number of halogens is 2. The molecule has 0 aromatic heterocycles. The van der Waals surface area contributed by atoms with Gasteiger partial charge in [-0.25, -0.2) is 12.8 Å². The number of non-ortho nitro benzene ring substituents is 1. The molecule has 0 heterocycles. The molecule has 2 aromatic carbocycles. The molecule has 0 spiro atoms. The van der Waals surface area contributed by atoms with Crippen molar-refractivity contribution in [2.45, 2.75) is 4.90 Å². The minimum absolute atomic E-state index is 0.223. The molecule has 9 heteroatoms. The molecule has 0 aliphatic carbocycles. The Bertz CT molecular complexity index is 793. The van der Waals surface area contributed by atoms with E-state index >= 15 is 0 Å². The van der Waals surface area contributed by atoms with Gasteiger partial charge >= 0.3 is 0 Å². The highest BCUT2D eigenvalue weighted by atomic mass is 35.5. The highest BCUT2D eigenvalue weighted by molar-refractivity contribution is 7.92. The molecule has 0 unspecified atom stereocenters. The van der Waals surface area contributed by atoms with Gasteiger partial charge in [0.25, 0.3) is 15.7 Å². The summed E-state index contributed by atoms with van der Waals surface area (Å²) in [6.45, 7) is 0. The Balaban J connectivity index is 2.34. The first-order valence-corrected chi connectivity index (χ1v) is 7.38. The quantitative estimate of drug-likeness (QED) is 0.688. The summed E-state index contributed by atoms with van der Waals surface area (Å²) in [7, 11) is -4.07. The summed E-state index contributed by atoms with van der Waals surface area (Å²) in [5.41, 5.74) is -0.552. The van der Waals surface area contributed by atoms with Crippen molar-refractivity contribution in [1.82, 2.24) is 0 Å². The molecule has 6 nitrogen and oxygen atoms in total. The van der Waals surface area contributed by atoms with Crippen LogP contribution in [0.2, 0.25) is 5.02 Å². The van der Waals surface area contributed by atoms with Gasteiger partial charge in [0.2, 0.25) is 0 Å². The lowest BCUT2D eigenvalue weighted by Crippen LogP contribution is -2.14. The second kappa shape index (κ2) is 5.66. The zero-order valence-corrected chi connectivity index (χ0v) is 11.9. The van der Waals surface area contributed by atoms with E-state index in [1.165, 1.54) is 18.2 Å². The Morgan fingerprint density at radius 3 is 2.33 bits per heavy atom. The first-order valence-electron chi connectivity index (χ1n) is 5.52. The van der Waals surface area contributed by atoms with Crippen LogP contribution in [0.3, 0.4) is 0 Å². The largest absolute Gasteiger partial charge is 0.277 e. The van der Waals surface area contributed by atoms with Gasteiger partial charge in [0.05, 0.1) is 20.5 Å². The van der Waals surface area contributed by atoms with Crippen LogP contribution < -0.4 is 4.72 Å². The first kappa shape index (κ1) is 15.2. The van der Waals surface area contributed by atoms with Gasteiger partial charge in [-0.2, -0.15) is 0 Å². The molecular weight excluding hydrogens is 323 g/mol. The van der Waals surface area contributed by atoms with Crippen molar-refractivity contribution in [1.29, 1.82) is 0 Å². The van der Waals surface area contributed by atoms with E-state index < -0.39 is 20.8 Å². The fraction of sp³-hybridized carbons (Fsp3) is 0. The van der Waals surface area contributed by atoms with Crippen LogP contribution in [0.1, 0.15) is 0 Å². The minimum atomic E-state index is -4.07. The number of nitro benzene ring substituents is 1. The number of hydrogen-bond donors (Lipinski definition) is 1. The fourth-order valence-corrected chi connectivity index (χ4v) is 2.77. The zero-order valence-electron chi connectivity index (χ0n) is 10.3. The van der Waals surface area contributed by atoms with Crippen LogP contribution in [0.5, 0.6) is 0 Å². The van der Waals surface area contributed by atoms with E-state index in [0.29, 0.717) is 0 Å². The SMILES string of the molecule is O=[N+]([O-])c1ccc(S(=O)(=O)Nc2cccc(Cl)c2F)cc1. The minimum Gasteiger partial charge on any atom is -0.277 e. The van der Waals surface area contributed by atoms with Gasteiger partial charge in [-0.1, -0.05) is 17.7 Å². The Morgan fingerprint density at radius 2 is 1.76 bits per heavy atom. The molecule has 0 atom stereocenters. The number of nitrogens with zero attached hydrogens (tertiary/aromatic N) is 1. The van der Waals surface area contributed by atoms with E-state index in [1.54, 1.807) is 0 Å². The Hall–Kier alpha value is -2.19.